The van der Waals surface area contributed by atoms with Crippen molar-refractivity contribution in [3.63, 3.8) is 0 Å². The molecule has 0 unspecified atom stereocenters. The Bertz CT molecular complexity index is 399. The summed E-state index contributed by atoms with van der Waals surface area (Å²) in [5.41, 5.74) is -0.0520. The summed E-state index contributed by atoms with van der Waals surface area (Å²) < 4.78 is 37.4. The molecule has 0 aliphatic heterocycles. The van der Waals surface area contributed by atoms with Gasteiger partial charge < -0.3 is 5.11 Å². The van der Waals surface area contributed by atoms with Crippen molar-refractivity contribution in [3.05, 3.63) is 41.2 Å². The first kappa shape index (κ1) is 10.3. The molecule has 0 heterocycles. The van der Waals surface area contributed by atoms with E-state index in [1.165, 1.54) is 0 Å². The summed E-state index contributed by atoms with van der Waals surface area (Å²) in [6.45, 7) is 0. The molecule has 0 aliphatic carbocycles. The maximum Gasteiger partial charge on any atom is 0.364 e. The minimum absolute atomic E-state index is 0.0520. The van der Waals surface area contributed by atoms with Crippen LogP contribution in [0.15, 0.2) is 24.0 Å². The first-order valence-corrected chi connectivity index (χ1v) is 3.56. The number of carboxylic acids is 1. The average Bonchev–Trinajstić information content (AvgIpc) is 2.11. The summed E-state index contributed by atoms with van der Waals surface area (Å²) >= 11 is 0. The normalized spacial score (nSPS) is 11.5. The first-order chi connectivity index (χ1) is 6.50. The van der Waals surface area contributed by atoms with Gasteiger partial charge in [-0.2, -0.15) is 4.39 Å². The molecule has 0 saturated heterocycles. The van der Waals surface area contributed by atoms with Crippen LogP contribution in [0.3, 0.4) is 0 Å². The standard InChI is InChI=1S/C9H5F3O2/c10-6-2-1-5(3-7(6)11)4-8(12)9(13)14/h1-4H,(H,13,14)/b8-4-. The van der Waals surface area contributed by atoms with Crippen LogP contribution in [0.5, 0.6) is 0 Å². The maximum absolute atomic E-state index is 12.6. The van der Waals surface area contributed by atoms with Crippen LogP contribution in [0.4, 0.5) is 13.2 Å². The first-order valence-electron chi connectivity index (χ1n) is 3.56. The molecule has 0 fully saturated rings. The van der Waals surface area contributed by atoms with Gasteiger partial charge in [-0.25, -0.2) is 13.6 Å². The largest absolute Gasteiger partial charge is 0.476 e. The van der Waals surface area contributed by atoms with Crippen LogP contribution in [-0.4, -0.2) is 11.1 Å². The van der Waals surface area contributed by atoms with Crippen LogP contribution in [-0.2, 0) is 4.79 Å². The van der Waals surface area contributed by atoms with Gasteiger partial charge in [-0.1, -0.05) is 6.07 Å². The highest BCUT2D eigenvalue weighted by Crippen LogP contribution is 2.12. The van der Waals surface area contributed by atoms with Crippen LogP contribution < -0.4 is 0 Å². The van der Waals surface area contributed by atoms with Gasteiger partial charge in [-0.05, 0) is 23.8 Å². The van der Waals surface area contributed by atoms with Crippen molar-refractivity contribution in [1.29, 1.82) is 0 Å². The van der Waals surface area contributed by atoms with Gasteiger partial charge in [0.2, 0.25) is 5.83 Å². The minimum atomic E-state index is -1.75. The van der Waals surface area contributed by atoms with Crippen LogP contribution in [0, 0.1) is 11.6 Å². The van der Waals surface area contributed by atoms with Crippen LogP contribution in [0.1, 0.15) is 5.56 Å². The number of hydrogen-bond donors (Lipinski definition) is 1. The lowest BCUT2D eigenvalue weighted by molar-refractivity contribution is -0.134. The highest BCUT2D eigenvalue weighted by molar-refractivity contribution is 5.89. The molecule has 5 heteroatoms. The topological polar surface area (TPSA) is 37.3 Å². The molecule has 0 spiro atoms. The van der Waals surface area contributed by atoms with Gasteiger partial charge in [-0.3, -0.25) is 0 Å². The quantitative estimate of drug-likeness (QED) is 0.747. The Morgan fingerprint density at radius 3 is 2.43 bits per heavy atom. The van der Waals surface area contributed by atoms with Crippen molar-refractivity contribution in [1.82, 2.24) is 0 Å². The summed E-state index contributed by atoms with van der Waals surface area (Å²) in [6.07, 6.45) is 0.602. The van der Waals surface area contributed by atoms with E-state index in [-0.39, 0.29) is 5.56 Å². The highest BCUT2D eigenvalue weighted by atomic mass is 19.2. The zero-order chi connectivity index (χ0) is 10.7. The van der Waals surface area contributed by atoms with Crippen LogP contribution in [0.2, 0.25) is 0 Å². The molecular formula is C9H5F3O2. The predicted molar refractivity (Wildman–Crippen MR) is 43.1 cm³/mol. The van der Waals surface area contributed by atoms with Gasteiger partial charge >= 0.3 is 5.97 Å². The Morgan fingerprint density at radius 2 is 1.93 bits per heavy atom. The zero-order valence-electron chi connectivity index (χ0n) is 6.80. The minimum Gasteiger partial charge on any atom is -0.476 e. The molecule has 0 saturated carbocycles. The molecule has 0 aliphatic rings. The average molecular weight is 202 g/mol. The second-order valence-corrected chi connectivity index (χ2v) is 2.47. The van der Waals surface area contributed by atoms with Crippen molar-refractivity contribution in [3.8, 4) is 0 Å². The maximum atomic E-state index is 12.6. The molecule has 0 bridgehead atoms. The molecule has 0 atom stereocenters. The number of benzene rings is 1. The van der Waals surface area contributed by atoms with E-state index < -0.39 is 23.4 Å². The van der Waals surface area contributed by atoms with Crippen LogP contribution >= 0.6 is 0 Å². The molecule has 0 aromatic heterocycles. The lowest BCUT2D eigenvalue weighted by atomic mass is 10.2. The summed E-state index contributed by atoms with van der Waals surface area (Å²) in [5, 5.41) is 8.16. The molecule has 1 rings (SSSR count). The molecule has 1 aromatic carbocycles. The molecule has 74 valence electrons. The smallest absolute Gasteiger partial charge is 0.364 e. The van der Waals surface area contributed by atoms with Crippen molar-refractivity contribution in [2.45, 2.75) is 0 Å². The lowest BCUT2D eigenvalue weighted by Crippen LogP contribution is -1.94. The van der Waals surface area contributed by atoms with E-state index in [2.05, 4.69) is 0 Å². The third-order valence-corrected chi connectivity index (χ3v) is 1.44. The second kappa shape index (κ2) is 3.95. The van der Waals surface area contributed by atoms with Gasteiger partial charge in [0, 0.05) is 0 Å². The summed E-state index contributed by atoms with van der Waals surface area (Å²) in [6, 6.07) is 2.56. The van der Waals surface area contributed by atoms with E-state index in [4.69, 9.17) is 5.11 Å². The van der Waals surface area contributed by atoms with Crippen molar-refractivity contribution < 1.29 is 23.1 Å². The van der Waals surface area contributed by atoms with Crippen molar-refractivity contribution in [2.24, 2.45) is 0 Å². The van der Waals surface area contributed by atoms with Crippen LogP contribution in [0.25, 0.3) is 6.08 Å². The third-order valence-electron chi connectivity index (χ3n) is 1.44. The van der Waals surface area contributed by atoms with Gasteiger partial charge in [0.05, 0.1) is 0 Å². The molecule has 0 amide bonds. The fourth-order valence-corrected chi connectivity index (χ4v) is 0.810. The summed E-state index contributed by atoms with van der Waals surface area (Å²) in [7, 11) is 0. The lowest BCUT2D eigenvalue weighted by Gasteiger charge is -1.95. The Balaban J connectivity index is 3.04. The van der Waals surface area contributed by atoms with E-state index in [9.17, 15) is 18.0 Å². The van der Waals surface area contributed by atoms with E-state index >= 15 is 0 Å². The fourth-order valence-electron chi connectivity index (χ4n) is 0.810. The van der Waals surface area contributed by atoms with E-state index in [1.807, 2.05) is 0 Å². The Kier molecular flexibility index (Phi) is 2.91. The monoisotopic (exact) mass is 202 g/mol. The number of hydrogen-bond acceptors (Lipinski definition) is 1. The van der Waals surface area contributed by atoms with Crippen molar-refractivity contribution >= 4 is 12.0 Å². The Hall–Kier alpha value is -1.78. The predicted octanol–water partition coefficient (Wildman–Crippen LogP) is 2.36. The number of halogens is 3. The molecule has 14 heavy (non-hydrogen) atoms. The third kappa shape index (κ3) is 2.35. The highest BCUT2D eigenvalue weighted by Gasteiger charge is 2.06. The Morgan fingerprint density at radius 1 is 1.29 bits per heavy atom. The SMILES string of the molecule is O=C(O)/C(F)=C/c1ccc(F)c(F)c1. The van der Waals surface area contributed by atoms with E-state index in [1.54, 1.807) is 0 Å². The molecule has 0 radical (unpaired) electrons. The molecule has 1 N–H and O–H groups in total. The number of carbonyl (C=O) groups is 1. The van der Waals surface area contributed by atoms with Gasteiger partial charge in [0.15, 0.2) is 11.6 Å². The molecule has 2 nitrogen and oxygen atoms in total. The summed E-state index contributed by atoms with van der Waals surface area (Å²) in [5.74, 6) is -5.42. The van der Waals surface area contributed by atoms with Gasteiger partial charge in [0.25, 0.3) is 0 Å². The zero-order valence-corrected chi connectivity index (χ0v) is 6.80. The number of carboxylic acid groups (broad SMARTS) is 1. The summed E-state index contributed by atoms with van der Waals surface area (Å²) in [4.78, 5) is 10.0. The number of rotatable bonds is 2. The van der Waals surface area contributed by atoms with E-state index in [0.29, 0.717) is 12.1 Å². The van der Waals surface area contributed by atoms with Gasteiger partial charge in [0.1, 0.15) is 0 Å². The Labute approximate surface area is 77.3 Å². The number of aliphatic carboxylic acids is 1. The van der Waals surface area contributed by atoms with E-state index in [0.717, 1.165) is 12.1 Å². The van der Waals surface area contributed by atoms with Gasteiger partial charge in [-0.15, -0.1) is 0 Å². The molecular weight excluding hydrogens is 197 g/mol. The molecule has 1 aromatic rings. The fraction of sp³-hybridized carbons (Fsp3) is 0. The second-order valence-electron chi connectivity index (χ2n) is 2.47. The van der Waals surface area contributed by atoms with Crippen molar-refractivity contribution in [2.75, 3.05) is 0 Å².